The van der Waals surface area contributed by atoms with Crippen molar-refractivity contribution in [3.8, 4) is 17.0 Å². The lowest BCUT2D eigenvalue weighted by Crippen LogP contribution is -1.88. The second kappa shape index (κ2) is 5.27. The van der Waals surface area contributed by atoms with E-state index < -0.39 is 0 Å². The third-order valence-electron chi connectivity index (χ3n) is 2.65. The van der Waals surface area contributed by atoms with Gasteiger partial charge in [0.1, 0.15) is 11.6 Å². The minimum atomic E-state index is 0.801. The van der Waals surface area contributed by atoms with Crippen molar-refractivity contribution < 1.29 is 4.74 Å². The normalized spacial score (nSPS) is 10.5. The zero-order chi connectivity index (χ0) is 12.3. The van der Waals surface area contributed by atoms with Crippen LogP contribution in [0, 0.1) is 6.92 Å². The van der Waals surface area contributed by atoms with Crippen molar-refractivity contribution >= 4 is 12.6 Å². The maximum Gasteiger partial charge on any atom is 0.118 e. The predicted molar refractivity (Wildman–Crippen MR) is 72.9 cm³/mol. The second-order valence-electron chi connectivity index (χ2n) is 3.86. The smallest absolute Gasteiger partial charge is 0.118 e. The number of ether oxygens (including phenoxy) is 1. The average molecular weight is 248 g/mol. The molecule has 0 fully saturated rings. The molecule has 1 aromatic heterocycles. The van der Waals surface area contributed by atoms with Gasteiger partial charge < -0.3 is 9.72 Å². The number of benzene rings is 1. The lowest BCUT2D eigenvalue weighted by molar-refractivity contribution is 0.415. The van der Waals surface area contributed by atoms with Gasteiger partial charge in [-0.1, -0.05) is 0 Å². The largest absolute Gasteiger partial charge is 0.497 e. The molecule has 3 nitrogen and oxygen atoms in total. The number of rotatable bonds is 4. The van der Waals surface area contributed by atoms with E-state index in [-0.39, 0.29) is 0 Å². The quantitative estimate of drug-likeness (QED) is 0.816. The summed E-state index contributed by atoms with van der Waals surface area (Å²) in [6.07, 6.45) is 0.861. The second-order valence-corrected chi connectivity index (χ2v) is 4.31. The summed E-state index contributed by atoms with van der Waals surface area (Å²) in [6, 6.07) is 7.93. The summed E-state index contributed by atoms with van der Waals surface area (Å²) in [5.74, 6) is 2.65. The van der Waals surface area contributed by atoms with Crippen LogP contribution in [0.5, 0.6) is 5.75 Å². The zero-order valence-corrected chi connectivity index (χ0v) is 10.9. The fraction of sp³-hybridized carbons (Fsp3) is 0.308. The Morgan fingerprint density at radius 3 is 2.59 bits per heavy atom. The number of nitrogens with zero attached hydrogens (tertiary/aromatic N) is 1. The number of hydrogen-bond donors (Lipinski definition) is 2. The Morgan fingerprint density at radius 2 is 2.00 bits per heavy atom. The maximum absolute atomic E-state index is 5.14. The van der Waals surface area contributed by atoms with E-state index in [0.29, 0.717) is 0 Å². The summed E-state index contributed by atoms with van der Waals surface area (Å²) in [6.45, 7) is 2.04. The van der Waals surface area contributed by atoms with Gasteiger partial charge in [-0.25, -0.2) is 4.98 Å². The first kappa shape index (κ1) is 12.0. The van der Waals surface area contributed by atoms with Crippen molar-refractivity contribution in [2.45, 2.75) is 13.3 Å². The van der Waals surface area contributed by atoms with Gasteiger partial charge in [0.2, 0.25) is 0 Å². The monoisotopic (exact) mass is 248 g/mol. The zero-order valence-electron chi connectivity index (χ0n) is 10.0. The van der Waals surface area contributed by atoms with Gasteiger partial charge in [0.25, 0.3) is 0 Å². The number of hydrogen-bond acceptors (Lipinski definition) is 3. The van der Waals surface area contributed by atoms with Crippen LogP contribution in [0.1, 0.15) is 11.5 Å². The number of methoxy groups -OCH3 is 1. The van der Waals surface area contributed by atoms with Gasteiger partial charge in [-0.15, -0.1) is 0 Å². The standard InChI is InChI=1S/C13H16N2OS/c1-9-13(15-12(14-9)7-8-17)10-3-5-11(16-2)6-4-10/h3-6,17H,7-8H2,1-2H3,(H,14,15). The lowest BCUT2D eigenvalue weighted by Gasteiger charge is -2.01. The van der Waals surface area contributed by atoms with Crippen LogP contribution in [0.15, 0.2) is 24.3 Å². The first-order valence-corrected chi connectivity index (χ1v) is 6.18. The first-order chi connectivity index (χ1) is 8.24. The third-order valence-corrected chi connectivity index (χ3v) is 2.87. The number of aryl methyl sites for hydroxylation is 2. The number of imidazole rings is 1. The molecule has 0 saturated carbocycles. The summed E-state index contributed by atoms with van der Waals surface area (Å²) >= 11 is 4.21. The number of aromatic amines is 1. The SMILES string of the molecule is COc1ccc(-c2nc(CCS)[nH]c2C)cc1. The van der Waals surface area contributed by atoms with Crippen molar-refractivity contribution in [2.24, 2.45) is 0 Å². The highest BCUT2D eigenvalue weighted by Crippen LogP contribution is 2.23. The van der Waals surface area contributed by atoms with Crippen molar-refractivity contribution in [3.05, 3.63) is 35.8 Å². The highest BCUT2D eigenvalue weighted by molar-refractivity contribution is 7.80. The number of thiol groups is 1. The minimum absolute atomic E-state index is 0.801. The van der Waals surface area contributed by atoms with E-state index >= 15 is 0 Å². The molecular formula is C13H16N2OS. The summed E-state index contributed by atoms with van der Waals surface area (Å²) in [5.41, 5.74) is 3.20. The van der Waals surface area contributed by atoms with Crippen molar-refractivity contribution in [1.82, 2.24) is 9.97 Å². The molecule has 0 bridgehead atoms. The number of aromatic nitrogens is 2. The Morgan fingerprint density at radius 1 is 1.29 bits per heavy atom. The molecule has 0 aliphatic heterocycles. The molecule has 17 heavy (non-hydrogen) atoms. The Hall–Kier alpha value is -1.42. The van der Waals surface area contributed by atoms with Crippen LogP contribution in [0.25, 0.3) is 11.3 Å². The molecule has 0 amide bonds. The van der Waals surface area contributed by atoms with Crippen LogP contribution in [0.2, 0.25) is 0 Å². The molecule has 1 heterocycles. The van der Waals surface area contributed by atoms with E-state index in [1.807, 2.05) is 31.2 Å². The Kier molecular flexibility index (Phi) is 3.74. The number of H-pyrrole nitrogens is 1. The van der Waals surface area contributed by atoms with Crippen LogP contribution in [-0.4, -0.2) is 22.8 Å². The van der Waals surface area contributed by atoms with Gasteiger partial charge >= 0.3 is 0 Å². The van der Waals surface area contributed by atoms with E-state index in [4.69, 9.17) is 4.74 Å². The van der Waals surface area contributed by atoms with Gasteiger partial charge in [0.15, 0.2) is 0 Å². The summed E-state index contributed by atoms with van der Waals surface area (Å²) in [4.78, 5) is 7.86. The van der Waals surface area contributed by atoms with E-state index in [1.165, 1.54) is 0 Å². The summed E-state index contributed by atoms with van der Waals surface area (Å²) in [5, 5.41) is 0. The molecule has 0 atom stereocenters. The molecular weight excluding hydrogens is 232 g/mol. The highest BCUT2D eigenvalue weighted by Gasteiger charge is 2.08. The maximum atomic E-state index is 5.14. The summed E-state index contributed by atoms with van der Waals surface area (Å²) < 4.78 is 5.14. The minimum Gasteiger partial charge on any atom is -0.497 e. The molecule has 2 rings (SSSR count). The van der Waals surface area contributed by atoms with Gasteiger partial charge in [-0.2, -0.15) is 12.6 Å². The average Bonchev–Trinajstić information content (AvgIpc) is 2.71. The number of nitrogens with one attached hydrogen (secondary N) is 1. The Balaban J connectivity index is 2.31. The third kappa shape index (κ3) is 2.64. The molecule has 1 aromatic carbocycles. The Labute approximate surface area is 107 Å². The fourth-order valence-corrected chi connectivity index (χ4v) is 1.99. The van der Waals surface area contributed by atoms with E-state index in [1.54, 1.807) is 7.11 Å². The van der Waals surface area contributed by atoms with Gasteiger partial charge in [0.05, 0.1) is 12.8 Å². The molecule has 0 saturated heterocycles. The molecule has 0 aliphatic carbocycles. The van der Waals surface area contributed by atoms with Crippen LogP contribution in [0.4, 0.5) is 0 Å². The van der Waals surface area contributed by atoms with E-state index in [9.17, 15) is 0 Å². The first-order valence-electron chi connectivity index (χ1n) is 5.55. The Bertz CT molecular complexity index is 491. The highest BCUT2D eigenvalue weighted by atomic mass is 32.1. The van der Waals surface area contributed by atoms with Crippen molar-refractivity contribution in [1.29, 1.82) is 0 Å². The molecule has 0 spiro atoms. The van der Waals surface area contributed by atoms with Crippen molar-refractivity contribution in [3.63, 3.8) is 0 Å². The van der Waals surface area contributed by atoms with Gasteiger partial charge in [-0.05, 0) is 36.9 Å². The molecule has 0 radical (unpaired) electrons. The predicted octanol–water partition coefficient (Wildman–Crippen LogP) is 2.87. The van der Waals surface area contributed by atoms with Gasteiger partial charge in [0, 0.05) is 17.7 Å². The lowest BCUT2D eigenvalue weighted by atomic mass is 10.1. The topological polar surface area (TPSA) is 37.9 Å². The van der Waals surface area contributed by atoms with E-state index in [2.05, 4.69) is 22.6 Å². The molecule has 4 heteroatoms. The van der Waals surface area contributed by atoms with Crippen molar-refractivity contribution in [2.75, 3.05) is 12.9 Å². The summed E-state index contributed by atoms with van der Waals surface area (Å²) in [7, 11) is 1.67. The van der Waals surface area contributed by atoms with Crippen LogP contribution in [0.3, 0.4) is 0 Å². The molecule has 0 aliphatic rings. The molecule has 90 valence electrons. The van der Waals surface area contributed by atoms with Crippen LogP contribution < -0.4 is 4.74 Å². The molecule has 0 unspecified atom stereocenters. The van der Waals surface area contributed by atoms with Crippen LogP contribution in [-0.2, 0) is 6.42 Å². The fourth-order valence-electron chi connectivity index (χ4n) is 1.78. The molecule has 2 aromatic rings. The van der Waals surface area contributed by atoms with Gasteiger partial charge in [-0.3, -0.25) is 0 Å². The van der Waals surface area contributed by atoms with Crippen LogP contribution >= 0.6 is 12.6 Å². The molecule has 1 N–H and O–H groups in total. The van der Waals surface area contributed by atoms with E-state index in [0.717, 1.165) is 40.7 Å².